The van der Waals surface area contributed by atoms with Gasteiger partial charge < -0.3 is 4.74 Å². The van der Waals surface area contributed by atoms with Gasteiger partial charge in [-0.05, 0) is 97.7 Å². The van der Waals surface area contributed by atoms with E-state index >= 15 is 0 Å². The summed E-state index contributed by atoms with van der Waals surface area (Å²) in [6.45, 7) is 13.9. The van der Waals surface area contributed by atoms with Crippen LogP contribution in [0, 0.1) is 46.3 Å². The maximum Gasteiger partial charge on any atom is 0.302 e. The van der Waals surface area contributed by atoms with Crippen LogP contribution in [-0.2, 0) is 9.53 Å². The first kappa shape index (κ1) is 23.1. The van der Waals surface area contributed by atoms with Crippen molar-refractivity contribution in [1.29, 1.82) is 0 Å². The molecule has 0 aromatic carbocycles. The zero-order valence-corrected chi connectivity index (χ0v) is 21.0. The van der Waals surface area contributed by atoms with Crippen molar-refractivity contribution in [2.45, 2.75) is 105 Å². The van der Waals surface area contributed by atoms with Crippen molar-refractivity contribution in [3.05, 3.63) is 23.8 Å². The van der Waals surface area contributed by atoms with E-state index in [0.29, 0.717) is 16.7 Å². The van der Waals surface area contributed by atoms with Crippen molar-refractivity contribution in [2.24, 2.45) is 46.3 Å². The molecule has 8 atom stereocenters. The predicted molar refractivity (Wildman–Crippen MR) is 129 cm³/mol. The van der Waals surface area contributed by atoms with E-state index in [0.717, 1.165) is 42.4 Å². The molecule has 0 aromatic rings. The maximum atomic E-state index is 11.5. The predicted octanol–water partition coefficient (Wildman–Crippen LogP) is 7.74. The van der Waals surface area contributed by atoms with Gasteiger partial charge in [0, 0.05) is 13.3 Å². The van der Waals surface area contributed by atoms with Crippen molar-refractivity contribution in [2.75, 3.05) is 0 Å². The average Bonchev–Trinajstić information content (AvgIpc) is 3.05. The fourth-order valence-electron chi connectivity index (χ4n) is 8.57. The lowest BCUT2D eigenvalue weighted by molar-refractivity contribution is -0.148. The van der Waals surface area contributed by atoms with Gasteiger partial charge in [-0.2, -0.15) is 0 Å². The summed E-state index contributed by atoms with van der Waals surface area (Å²) in [5.41, 5.74) is 2.45. The minimum atomic E-state index is -0.120. The fourth-order valence-corrected chi connectivity index (χ4v) is 8.57. The quantitative estimate of drug-likeness (QED) is 0.332. The summed E-state index contributed by atoms with van der Waals surface area (Å²) in [6.07, 6.45) is 19.0. The minimum Gasteiger partial charge on any atom is -0.462 e. The van der Waals surface area contributed by atoms with Crippen molar-refractivity contribution >= 4 is 5.97 Å². The fraction of sp³-hybridized carbons (Fsp3) is 0.828. The van der Waals surface area contributed by atoms with Gasteiger partial charge in [0.05, 0.1) is 0 Å². The molecule has 2 heteroatoms. The Bertz CT molecular complexity index is 733. The summed E-state index contributed by atoms with van der Waals surface area (Å²) >= 11 is 0. The lowest BCUT2D eigenvalue weighted by Gasteiger charge is -2.58. The third kappa shape index (κ3) is 4.18. The highest BCUT2D eigenvalue weighted by molar-refractivity contribution is 5.66. The minimum absolute atomic E-state index is 0.108. The van der Waals surface area contributed by atoms with E-state index in [2.05, 4.69) is 52.8 Å². The van der Waals surface area contributed by atoms with Crippen LogP contribution in [0.25, 0.3) is 0 Å². The van der Waals surface area contributed by atoms with E-state index in [-0.39, 0.29) is 12.1 Å². The second-order valence-electron chi connectivity index (χ2n) is 12.4. The number of carbonyl (C=O) groups is 1. The molecule has 0 N–H and O–H groups in total. The molecule has 0 saturated heterocycles. The first-order valence-corrected chi connectivity index (χ1v) is 13.2. The van der Waals surface area contributed by atoms with Crippen LogP contribution < -0.4 is 0 Å². The molecule has 3 fully saturated rings. The smallest absolute Gasteiger partial charge is 0.302 e. The summed E-state index contributed by atoms with van der Waals surface area (Å²) < 4.78 is 5.61. The molecule has 4 aliphatic carbocycles. The van der Waals surface area contributed by atoms with Crippen LogP contribution in [0.5, 0.6) is 0 Å². The van der Waals surface area contributed by atoms with Gasteiger partial charge in [-0.3, -0.25) is 4.79 Å². The zero-order chi connectivity index (χ0) is 22.4. The van der Waals surface area contributed by atoms with E-state index in [4.69, 9.17) is 4.74 Å². The Morgan fingerprint density at radius 3 is 2.61 bits per heavy atom. The molecule has 0 spiro atoms. The highest BCUT2D eigenvalue weighted by atomic mass is 16.5. The Morgan fingerprint density at radius 1 is 1.13 bits per heavy atom. The van der Waals surface area contributed by atoms with Gasteiger partial charge in [0.2, 0.25) is 0 Å². The summed E-state index contributed by atoms with van der Waals surface area (Å²) in [5.74, 6) is 4.76. The number of fused-ring (bicyclic) bond motifs is 5. The van der Waals surface area contributed by atoms with Gasteiger partial charge >= 0.3 is 5.97 Å². The van der Waals surface area contributed by atoms with Crippen molar-refractivity contribution in [3.63, 3.8) is 0 Å². The standard InChI is InChI=1S/C29H46O2/c1-19(2)8-7-9-20(3)25-12-13-26-24-11-10-22-18-23(31-21(4)30)14-16-28(22,5)27(24)15-17-29(25,26)6/h7,9-10,19-20,23-27H,8,11-18H2,1-6H3/b9-7+/t20-,23+,24?,25-,26+,27+,28+,29-/m1/s1. The molecule has 0 aromatic heterocycles. The van der Waals surface area contributed by atoms with Gasteiger partial charge in [0.15, 0.2) is 0 Å². The maximum absolute atomic E-state index is 11.5. The highest BCUT2D eigenvalue weighted by Gasteiger charge is 2.59. The van der Waals surface area contributed by atoms with Crippen LogP contribution in [0.3, 0.4) is 0 Å². The average molecular weight is 427 g/mol. The van der Waals surface area contributed by atoms with Gasteiger partial charge in [-0.1, -0.05) is 58.4 Å². The Hall–Kier alpha value is -1.05. The molecule has 4 aliphatic rings. The molecule has 0 heterocycles. The molecule has 0 amide bonds. The van der Waals surface area contributed by atoms with Crippen LogP contribution in [0.4, 0.5) is 0 Å². The van der Waals surface area contributed by atoms with E-state index in [9.17, 15) is 4.79 Å². The van der Waals surface area contributed by atoms with Crippen molar-refractivity contribution in [1.82, 2.24) is 0 Å². The molecule has 3 saturated carbocycles. The first-order chi connectivity index (χ1) is 14.6. The van der Waals surface area contributed by atoms with E-state index in [1.165, 1.54) is 44.9 Å². The number of hydrogen-bond donors (Lipinski definition) is 0. The normalized spacial score (nSPS) is 43.2. The Balaban J connectivity index is 1.50. The van der Waals surface area contributed by atoms with Crippen molar-refractivity contribution < 1.29 is 9.53 Å². The topological polar surface area (TPSA) is 26.3 Å². The second-order valence-corrected chi connectivity index (χ2v) is 12.4. The number of allylic oxidation sites excluding steroid dienone is 3. The number of hydrogen-bond acceptors (Lipinski definition) is 2. The molecule has 31 heavy (non-hydrogen) atoms. The third-order valence-electron chi connectivity index (χ3n) is 10.1. The molecule has 0 bridgehead atoms. The van der Waals surface area contributed by atoms with Crippen LogP contribution in [0.15, 0.2) is 23.8 Å². The Morgan fingerprint density at radius 2 is 1.90 bits per heavy atom. The van der Waals surface area contributed by atoms with Crippen LogP contribution in [-0.4, -0.2) is 12.1 Å². The third-order valence-corrected chi connectivity index (χ3v) is 10.1. The Labute approximate surface area is 191 Å². The van der Waals surface area contributed by atoms with E-state index in [1.54, 1.807) is 12.5 Å². The lowest BCUT2D eigenvalue weighted by Crippen LogP contribution is -2.51. The molecule has 4 rings (SSSR count). The summed E-state index contributed by atoms with van der Waals surface area (Å²) in [5, 5.41) is 0. The molecule has 0 radical (unpaired) electrons. The van der Waals surface area contributed by atoms with Crippen LogP contribution >= 0.6 is 0 Å². The monoisotopic (exact) mass is 426 g/mol. The number of ether oxygens (including phenoxy) is 1. The van der Waals surface area contributed by atoms with Gasteiger partial charge in [0.25, 0.3) is 0 Å². The largest absolute Gasteiger partial charge is 0.462 e. The SMILES string of the molecule is CC(=O)O[C@H]1CC[C@@]2(C)C(=CCC3[C@@H]4CC[C@H]([C@H](C)/C=C/CC(C)C)[C@@]4(C)CC[C@@H]32)C1. The summed E-state index contributed by atoms with van der Waals surface area (Å²) in [4.78, 5) is 11.5. The second kappa shape index (κ2) is 8.71. The number of esters is 1. The lowest BCUT2D eigenvalue weighted by atomic mass is 9.47. The summed E-state index contributed by atoms with van der Waals surface area (Å²) in [7, 11) is 0. The highest BCUT2D eigenvalue weighted by Crippen LogP contribution is 2.67. The van der Waals surface area contributed by atoms with Crippen LogP contribution in [0.2, 0.25) is 0 Å². The van der Waals surface area contributed by atoms with Crippen LogP contribution in [0.1, 0.15) is 99.3 Å². The Kier molecular flexibility index (Phi) is 6.50. The molecular formula is C29H46O2. The zero-order valence-electron chi connectivity index (χ0n) is 21.0. The first-order valence-electron chi connectivity index (χ1n) is 13.2. The molecule has 1 unspecified atom stereocenters. The molecular weight excluding hydrogens is 380 g/mol. The van der Waals surface area contributed by atoms with Gasteiger partial charge in [-0.15, -0.1) is 0 Å². The molecule has 174 valence electrons. The summed E-state index contributed by atoms with van der Waals surface area (Å²) in [6, 6.07) is 0. The molecule has 0 aliphatic heterocycles. The van der Waals surface area contributed by atoms with Gasteiger partial charge in [-0.25, -0.2) is 0 Å². The van der Waals surface area contributed by atoms with E-state index in [1.807, 2.05) is 0 Å². The van der Waals surface area contributed by atoms with Crippen molar-refractivity contribution in [3.8, 4) is 0 Å². The molecule has 2 nitrogen and oxygen atoms in total. The van der Waals surface area contributed by atoms with E-state index < -0.39 is 0 Å². The number of carbonyl (C=O) groups excluding carboxylic acids is 1. The number of rotatable bonds is 5. The van der Waals surface area contributed by atoms with Gasteiger partial charge in [0.1, 0.15) is 6.10 Å².